The van der Waals surface area contributed by atoms with Crippen LogP contribution in [0.1, 0.15) is 18.1 Å². The zero-order chi connectivity index (χ0) is 15.8. The molecule has 1 aliphatic heterocycles. The molecule has 4 rings (SSSR count). The van der Waals surface area contributed by atoms with Crippen LogP contribution in [0.5, 0.6) is 0 Å². The van der Waals surface area contributed by atoms with Crippen molar-refractivity contribution in [2.24, 2.45) is 5.92 Å². The van der Waals surface area contributed by atoms with E-state index in [-0.39, 0.29) is 23.8 Å². The van der Waals surface area contributed by atoms with Crippen molar-refractivity contribution in [1.82, 2.24) is 0 Å². The zero-order valence-electron chi connectivity index (χ0n) is 12.4. The number of carbonyl (C=O) groups is 2. The van der Waals surface area contributed by atoms with Crippen LogP contribution < -0.4 is 10.2 Å². The van der Waals surface area contributed by atoms with Gasteiger partial charge in [-0.3, -0.25) is 9.69 Å². The standard InChI is InChI=1S/C17H16N2O4/c20-16(14-10-13(14)15-5-2-7-22-15)18-11-3-1-4-12(9-11)19-6-8-23-17(19)21/h1-5,7,9,13-14H,6,8,10H2,(H,18,20). The maximum absolute atomic E-state index is 12.3. The quantitative estimate of drug-likeness (QED) is 0.942. The first-order valence-electron chi connectivity index (χ1n) is 7.61. The van der Waals surface area contributed by atoms with Crippen LogP contribution in [0.2, 0.25) is 0 Å². The van der Waals surface area contributed by atoms with E-state index in [1.54, 1.807) is 17.2 Å². The maximum Gasteiger partial charge on any atom is 0.414 e. The molecular weight excluding hydrogens is 296 g/mol. The summed E-state index contributed by atoms with van der Waals surface area (Å²) in [6, 6.07) is 11.0. The number of cyclic esters (lactones) is 1. The minimum Gasteiger partial charge on any atom is -0.469 e. The van der Waals surface area contributed by atoms with E-state index in [9.17, 15) is 9.59 Å². The summed E-state index contributed by atoms with van der Waals surface area (Å²) >= 11 is 0. The molecule has 1 aromatic heterocycles. The topological polar surface area (TPSA) is 71.8 Å². The van der Waals surface area contributed by atoms with Crippen LogP contribution in [0.4, 0.5) is 16.2 Å². The number of carbonyl (C=O) groups excluding carboxylic acids is 2. The molecule has 2 heterocycles. The first-order valence-corrected chi connectivity index (χ1v) is 7.61. The predicted octanol–water partition coefficient (Wildman–Crippen LogP) is 2.98. The molecule has 2 amide bonds. The van der Waals surface area contributed by atoms with Gasteiger partial charge in [0.2, 0.25) is 5.91 Å². The normalized spacial score (nSPS) is 22.8. The van der Waals surface area contributed by atoms with Gasteiger partial charge in [-0.15, -0.1) is 0 Å². The molecule has 2 aromatic rings. The van der Waals surface area contributed by atoms with E-state index in [1.165, 1.54) is 0 Å². The predicted molar refractivity (Wildman–Crippen MR) is 83.3 cm³/mol. The average Bonchev–Trinajstić information content (AvgIpc) is 2.95. The van der Waals surface area contributed by atoms with Crippen LogP contribution in [0, 0.1) is 5.92 Å². The minimum atomic E-state index is -0.353. The second-order valence-electron chi connectivity index (χ2n) is 5.77. The molecule has 0 spiro atoms. The van der Waals surface area contributed by atoms with Crippen molar-refractivity contribution >= 4 is 23.4 Å². The fourth-order valence-electron chi connectivity index (χ4n) is 2.92. The zero-order valence-corrected chi connectivity index (χ0v) is 12.4. The number of amides is 2. The van der Waals surface area contributed by atoms with Crippen molar-refractivity contribution in [3.05, 3.63) is 48.4 Å². The minimum absolute atomic E-state index is 0.0208. The fraction of sp³-hybridized carbons (Fsp3) is 0.294. The molecule has 1 aromatic carbocycles. The van der Waals surface area contributed by atoms with E-state index in [2.05, 4.69) is 5.32 Å². The van der Waals surface area contributed by atoms with Crippen molar-refractivity contribution in [2.75, 3.05) is 23.4 Å². The highest BCUT2D eigenvalue weighted by Gasteiger charge is 2.45. The lowest BCUT2D eigenvalue weighted by Gasteiger charge is -2.14. The molecular formula is C17H16N2O4. The Balaban J connectivity index is 1.43. The van der Waals surface area contributed by atoms with Crippen molar-refractivity contribution in [3.8, 4) is 0 Å². The molecule has 1 N–H and O–H groups in total. The smallest absolute Gasteiger partial charge is 0.414 e. The molecule has 2 atom stereocenters. The largest absolute Gasteiger partial charge is 0.469 e. The average molecular weight is 312 g/mol. The lowest BCUT2D eigenvalue weighted by atomic mass is 10.2. The van der Waals surface area contributed by atoms with E-state index in [1.807, 2.05) is 30.3 Å². The lowest BCUT2D eigenvalue weighted by molar-refractivity contribution is -0.117. The number of nitrogens with zero attached hydrogens (tertiary/aromatic N) is 1. The maximum atomic E-state index is 12.3. The summed E-state index contributed by atoms with van der Waals surface area (Å²) in [7, 11) is 0. The first-order chi connectivity index (χ1) is 11.2. The summed E-state index contributed by atoms with van der Waals surface area (Å²) in [4.78, 5) is 25.5. The van der Waals surface area contributed by atoms with E-state index >= 15 is 0 Å². The van der Waals surface area contributed by atoms with Crippen LogP contribution in [0.25, 0.3) is 0 Å². The molecule has 2 fully saturated rings. The molecule has 2 aliphatic rings. The highest BCUT2D eigenvalue weighted by molar-refractivity contribution is 5.96. The monoisotopic (exact) mass is 312 g/mol. The van der Waals surface area contributed by atoms with Crippen molar-refractivity contribution in [2.45, 2.75) is 12.3 Å². The van der Waals surface area contributed by atoms with Crippen molar-refractivity contribution < 1.29 is 18.7 Å². The van der Waals surface area contributed by atoms with Gasteiger partial charge in [-0.05, 0) is 36.8 Å². The van der Waals surface area contributed by atoms with Crippen molar-refractivity contribution in [1.29, 1.82) is 0 Å². The molecule has 1 aliphatic carbocycles. The summed E-state index contributed by atoms with van der Waals surface area (Å²) in [5, 5.41) is 2.92. The van der Waals surface area contributed by atoms with E-state index in [0.717, 1.165) is 17.9 Å². The van der Waals surface area contributed by atoms with Crippen LogP contribution in [0.15, 0.2) is 47.1 Å². The Morgan fingerprint density at radius 1 is 1.26 bits per heavy atom. The molecule has 1 saturated carbocycles. The van der Waals surface area contributed by atoms with E-state index in [0.29, 0.717) is 18.8 Å². The Bertz CT molecular complexity index is 741. The highest BCUT2D eigenvalue weighted by Crippen LogP contribution is 2.48. The molecule has 23 heavy (non-hydrogen) atoms. The third-order valence-electron chi connectivity index (χ3n) is 4.22. The summed E-state index contributed by atoms with van der Waals surface area (Å²) < 4.78 is 10.3. The van der Waals surface area contributed by atoms with Crippen LogP contribution >= 0.6 is 0 Å². The van der Waals surface area contributed by atoms with Gasteiger partial charge < -0.3 is 14.5 Å². The summed E-state index contributed by atoms with van der Waals surface area (Å²) in [6.45, 7) is 0.918. The van der Waals surface area contributed by atoms with Gasteiger partial charge in [0, 0.05) is 23.2 Å². The van der Waals surface area contributed by atoms with E-state index < -0.39 is 0 Å². The Labute approximate surface area is 133 Å². The second kappa shape index (κ2) is 5.46. The van der Waals surface area contributed by atoms with Gasteiger partial charge in [0.05, 0.1) is 12.8 Å². The third kappa shape index (κ3) is 2.67. The number of anilines is 2. The molecule has 118 valence electrons. The molecule has 6 heteroatoms. The van der Waals surface area contributed by atoms with Gasteiger partial charge in [0.25, 0.3) is 0 Å². The van der Waals surface area contributed by atoms with Gasteiger partial charge in [0.15, 0.2) is 0 Å². The number of furan rings is 1. The number of benzene rings is 1. The van der Waals surface area contributed by atoms with Gasteiger partial charge in [0.1, 0.15) is 12.4 Å². The number of hydrogen-bond acceptors (Lipinski definition) is 4. The summed E-state index contributed by atoms with van der Waals surface area (Å²) in [5.41, 5.74) is 1.40. The van der Waals surface area contributed by atoms with Gasteiger partial charge >= 0.3 is 6.09 Å². The van der Waals surface area contributed by atoms with E-state index in [4.69, 9.17) is 9.15 Å². The first kappa shape index (κ1) is 13.9. The number of ether oxygens (including phenoxy) is 1. The van der Waals surface area contributed by atoms with Crippen LogP contribution in [-0.4, -0.2) is 25.2 Å². The SMILES string of the molecule is O=C(Nc1cccc(N2CCOC2=O)c1)C1CC1c1ccco1. The molecule has 0 radical (unpaired) electrons. The fourth-order valence-corrected chi connectivity index (χ4v) is 2.92. The Morgan fingerprint density at radius 2 is 2.17 bits per heavy atom. The molecule has 6 nitrogen and oxygen atoms in total. The second-order valence-corrected chi connectivity index (χ2v) is 5.77. The van der Waals surface area contributed by atoms with Gasteiger partial charge in [-0.1, -0.05) is 6.07 Å². The Morgan fingerprint density at radius 3 is 2.91 bits per heavy atom. The molecule has 0 bridgehead atoms. The third-order valence-corrected chi connectivity index (χ3v) is 4.22. The van der Waals surface area contributed by atoms with Crippen molar-refractivity contribution in [3.63, 3.8) is 0 Å². The Hall–Kier alpha value is -2.76. The lowest BCUT2D eigenvalue weighted by Crippen LogP contribution is -2.23. The van der Waals surface area contributed by atoms with Crippen LogP contribution in [-0.2, 0) is 9.53 Å². The van der Waals surface area contributed by atoms with Crippen LogP contribution in [0.3, 0.4) is 0 Å². The molecule has 2 unspecified atom stereocenters. The van der Waals surface area contributed by atoms with Gasteiger partial charge in [-0.2, -0.15) is 0 Å². The van der Waals surface area contributed by atoms with Gasteiger partial charge in [-0.25, -0.2) is 4.79 Å². The number of hydrogen-bond donors (Lipinski definition) is 1. The molecule has 1 saturated heterocycles. The summed E-state index contributed by atoms with van der Waals surface area (Å²) in [5.74, 6) is 0.953. The number of rotatable bonds is 4. The highest BCUT2D eigenvalue weighted by atomic mass is 16.6. The Kier molecular flexibility index (Phi) is 3.29. The summed E-state index contributed by atoms with van der Waals surface area (Å²) in [6.07, 6.45) is 2.08. The number of nitrogens with one attached hydrogen (secondary N) is 1.